The lowest BCUT2D eigenvalue weighted by Crippen LogP contribution is -2.10. The fourth-order valence-electron chi connectivity index (χ4n) is 3.18. The van der Waals surface area contributed by atoms with Gasteiger partial charge in [0.2, 0.25) is 0 Å². The molecule has 7 nitrogen and oxygen atoms in total. The van der Waals surface area contributed by atoms with Crippen molar-refractivity contribution in [3.05, 3.63) is 48.0 Å². The van der Waals surface area contributed by atoms with E-state index in [4.69, 9.17) is 15.7 Å². The molecule has 2 heterocycles. The van der Waals surface area contributed by atoms with E-state index in [1.807, 2.05) is 19.1 Å². The summed E-state index contributed by atoms with van der Waals surface area (Å²) in [7, 11) is -0.423. The van der Waals surface area contributed by atoms with Gasteiger partial charge < -0.3 is 15.8 Å². The van der Waals surface area contributed by atoms with Gasteiger partial charge in [0.25, 0.3) is 0 Å². The maximum atomic E-state index is 13.6. The van der Waals surface area contributed by atoms with Crippen molar-refractivity contribution in [2.24, 2.45) is 0 Å². The largest absolute Gasteiger partial charge is 0.474 e. The van der Waals surface area contributed by atoms with E-state index in [1.165, 1.54) is 37.4 Å². The zero-order valence-corrected chi connectivity index (χ0v) is 18.2. The predicted molar refractivity (Wildman–Crippen MR) is 121 cm³/mol. The van der Waals surface area contributed by atoms with Crippen molar-refractivity contribution in [3.63, 3.8) is 0 Å². The van der Waals surface area contributed by atoms with Crippen molar-refractivity contribution in [2.45, 2.75) is 32.8 Å². The molecule has 0 bridgehead atoms. The second-order valence-electron chi connectivity index (χ2n) is 7.16. The summed E-state index contributed by atoms with van der Waals surface area (Å²) in [4.78, 5) is 8.52. The molecule has 0 radical (unpaired) electrons. The Labute approximate surface area is 182 Å². The molecule has 1 fully saturated rings. The van der Waals surface area contributed by atoms with E-state index in [9.17, 15) is 8.60 Å². The summed E-state index contributed by atoms with van der Waals surface area (Å²) >= 11 is 0. The number of nitrogens with two attached hydrogens (primary N) is 1. The number of ether oxygens (including phenoxy) is 1. The molecule has 1 unspecified atom stereocenters. The van der Waals surface area contributed by atoms with Crippen LogP contribution < -0.4 is 15.8 Å². The fraction of sp³-hybridized carbons (Fsp3) is 0.318. The van der Waals surface area contributed by atoms with Crippen LogP contribution in [-0.2, 0) is 10.8 Å². The van der Waals surface area contributed by atoms with E-state index in [-0.39, 0.29) is 5.75 Å². The Morgan fingerprint density at radius 2 is 2.00 bits per heavy atom. The molecule has 31 heavy (non-hydrogen) atoms. The van der Waals surface area contributed by atoms with Crippen LogP contribution in [0.3, 0.4) is 0 Å². The summed E-state index contributed by atoms with van der Waals surface area (Å²) in [5.74, 6) is 2.24. The molecule has 3 N–H and O–H groups in total. The highest BCUT2D eigenvalue weighted by atomic mass is 32.2. The van der Waals surface area contributed by atoms with Crippen molar-refractivity contribution in [1.29, 1.82) is 5.26 Å². The van der Waals surface area contributed by atoms with Gasteiger partial charge in [-0.2, -0.15) is 5.26 Å². The number of hydrogen-bond donors (Lipinski definition) is 2. The molecular formula is C22H24FN5O2S. The van der Waals surface area contributed by atoms with Gasteiger partial charge in [0.15, 0.2) is 6.10 Å². The number of anilines is 3. The molecule has 0 amide bonds. The van der Waals surface area contributed by atoms with Gasteiger partial charge in [-0.05, 0) is 56.5 Å². The SMILES string of the molecule is Cc1cc(N)cc2ncnc(Nc3ccc(F)cc3OC(C)C#N)c12.O=S1CCCC1. The van der Waals surface area contributed by atoms with Crippen LogP contribution in [0, 0.1) is 24.1 Å². The summed E-state index contributed by atoms with van der Waals surface area (Å²) in [5, 5.41) is 12.9. The molecule has 0 saturated carbocycles. The number of halogens is 1. The van der Waals surface area contributed by atoms with Gasteiger partial charge in [-0.15, -0.1) is 0 Å². The van der Waals surface area contributed by atoms with Crippen molar-refractivity contribution < 1.29 is 13.3 Å². The summed E-state index contributed by atoms with van der Waals surface area (Å²) in [6, 6.07) is 9.62. The van der Waals surface area contributed by atoms with Crippen LogP contribution in [0.1, 0.15) is 25.3 Å². The topological polar surface area (TPSA) is 114 Å². The van der Waals surface area contributed by atoms with Crippen LogP contribution >= 0.6 is 0 Å². The first-order valence-electron chi connectivity index (χ1n) is 9.86. The Morgan fingerprint density at radius 3 is 2.65 bits per heavy atom. The monoisotopic (exact) mass is 441 g/mol. The number of hydrogen-bond acceptors (Lipinski definition) is 7. The van der Waals surface area contributed by atoms with Crippen LogP contribution in [0.2, 0.25) is 0 Å². The molecule has 1 aromatic heterocycles. The average molecular weight is 442 g/mol. The Balaban J connectivity index is 0.000000391. The van der Waals surface area contributed by atoms with E-state index in [1.54, 1.807) is 13.0 Å². The van der Waals surface area contributed by atoms with Gasteiger partial charge in [-0.25, -0.2) is 14.4 Å². The molecule has 9 heteroatoms. The van der Waals surface area contributed by atoms with E-state index in [0.29, 0.717) is 22.7 Å². The third-order valence-electron chi connectivity index (χ3n) is 4.63. The molecule has 1 atom stereocenters. The van der Waals surface area contributed by atoms with Crippen molar-refractivity contribution >= 4 is 38.9 Å². The first-order chi connectivity index (χ1) is 14.9. The lowest BCUT2D eigenvalue weighted by atomic mass is 10.1. The smallest absolute Gasteiger partial charge is 0.181 e. The minimum atomic E-state index is -0.717. The van der Waals surface area contributed by atoms with Gasteiger partial charge in [0, 0.05) is 39.4 Å². The second-order valence-corrected chi connectivity index (χ2v) is 8.86. The first-order valence-corrected chi connectivity index (χ1v) is 11.3. The Hall–Kier alpha value is -3.25. The average Bonchev–Trinajstić information content (AvgIpc) is 3.21. The van der Waals surface area contributed by atoms with E-state index in [2.05, 4.69) is 15.3 Å². The molecule has 0 aliphatic carbocycles. The summed E-state index contributed by atoms with van der Waals surface area (Å²) in [5.41, 5.74) is 8.59. The van der Waals surface area contributed by atoms with Crippen LogP contribution in [0.15, 0.2) is 36.7 Å². The lowest BCUT2D eigenvalue weighted by molar-refractivity contribution is 0.276. The molecule has 162 valence electrons. The third-order valence-corrected chi connectivity index (χ3v) is 6.12. The molecule has 2 aromatic carbocycles. The van der Waals surface area contributed by atoms with Gasteiger partial charge in [-0.1, -0.05) is 0 Å². The number of nitrogens with zero attached hydrogens (tertiary/aromatic N) is 3. The standard InChI is InChI=1S/C18H16FN5O.C4H8OS/c1-10-5-13(21)7-15-17(10)18(23-9-22-15)24-14-4-3-12(19)6-16(14)25-11(2)8-20;5-6-3-1-2-4-6/h3-7,9,11H,21H2,1-2H3,(H,22,23,24);1-4H2. The lowest BCUT2D eigenvalue weighted by Gasteiger charge is -2.15. The maximum Gasteiger partial charge on any atom is 0.181 e. The zero-order chi connectivity index (χ0) is 22.4. The van der Waals surface area contributed by atoms with Crippen LogP contribution in [-0.4, -0.2) is 31.8 Å². The van der Waals surface area contributed by atoms with Gasteiger partial charge in [0.1, 0.15) is 29.8 Å². The van der Waals surface area contributed by atoms with E-state index >= 15 is 0 Å². The number of aromatic nitrogens is 2. The van der Waals surface area contributed by atoms with Crippen molar-refractivity contribution in [1.82, 2.24) is 9.97 Å². The van der Waals surface area contributed by atoms with Gasteiger partial charge >= 0.3 is 0 Å². The minimum Gasteiger partial charge on any atom is -0.474 e. The van der Waals surface area contributed by atoms with Crippen LogP contribution in [0.5, 0.6) is 5.75 Å². The second kappa shape index (κ2) is 10.2. The molecule has 1 saturated heterocycles. The Morgan fingerprint density at radius 1 is 1.26 bits per heavy atom. The maximum absolute atomic E-state index is 13.6. The highest BCUT2D eigenvalue weighted by Crippen LogP contribution is 2.33. The molecule has 0 spiro atoms. The normalized spacial score (nSPS) is 14.4. The first kappa shape index (κ1) is 22.4. The number of nitrogen functional groups attached to an aromatic ring is 1. The summed E-state index contributed by atoms with van der Waals surface area (Å²) < 4.78 is 29.4. The molecule has 3 aromatic rings. The number of fused-ring (bicyclic) bond motifs is 1. The summed E-state index contributed by atoms with van der Waals surface area (Å²) in [6.07, 6.45) is 3.08. The van der Waals surface area contributed by atoms with Crippen LogP contribution in [0.4, 0.5) is 21.6 Å². The third kappa shape index (κ3) is 5.89. The quantitative estimate of drug-likeness (QED) is 0.583. The minimum absolute atomic E-state index is 0.230. The Kier molecular flexibility index (Phi) is 7.36. The molecule has 1 aliphatic heterocycles. The van der Waals surface area contributed by atoms with Crippen molar-refractivity contribution in [2.75, 3.05) is 22.6 Å². The number of nitrogens with one attached hydrogen (secondary N) is 1. The highest BCUT2D eigenvalue weighted by molar-refractivity contribution is 7.85. The number of benzene rings is 2. The number of nitriles is 1. The molecular weight excluding hydrogens is 417 g/mol. The predicted octanol–water partition coefficient (Wildman–Crippen LogP) is 4.22. The number of rotatable bonds is 4. The summed E-state index contributed by atoms with van der Waals surface area (Å²) in [6.45, 7) is 3.49. The molecule has 4 rings (SSSR count). The van der Waals surface area contributed by atoms with Gasteiger partial charge in [-0.3, -0.25) is 4.21 Å². The fourth-order valence-corrected chi connectivity index (χ4v) is 4.44. The van der Waals surface area contributed by atoms with Crippen molar-refractivity contribution in [3.8, 4) is 11.8 Å². The number of aryl methyl sites for hydroxylation is 1. The molecule has 1 aliphatic rings. The van der Waals surface area contributed by atoms with Gasteiger partial charge in [0.05, 0.1) is 11.2 Å². The highest BCUT2D eigenvalue weighted by Gasteiger charge is 2.13. The van der Waals surface area contributed by atoms with E-state index < -0.39 is 22.7 Å². The zero-order valence-electron chi connectivity index (χ0n) is 17.4. The van der Waals surface area contributed by atoms with Crippen LogP contribution in [0.25, 0.3) is 10.9 Å². The Bertz CT molecular complexity index is 1140. The van der Waals surface area contributed by atoms with E-state index in [0.717, 1.165) is 22.5 Å².